The van der Waals surface area contributed by atoms with Gasteiger partial charge in [-0.2, -0.15) is 0 Å². The van der Waals surface area contributed by atoms with Crippen LogP contribution in [0, 0.1) is 0 Å². The molecule has 5 nitrogen and oxygen atoms in total. The van der Waals surface area contributed by atoms with Crippen molar-refractivity contribution in [2.45, 2.75) is 120 Å². The Kier molecular flexibility index (Phi) is 18.9. The van der Waals surface area contributed by atoms with Gasteiger partial charge in [-0.1, -0.05) is 100 Å². The highest BCUT2D eigenvalue weighted by atomic mass is 127. The van der Waals surface area contributed by atoms with E-state index in [1.807, 2.05) is 21.1 Å². The van der Waals surface area contributed by atoms with Gasteiger partial charge in [0, 0.05) is 10.3 Å². The average Bonchev–Trinajstić information content (AvgIpc) is 2.64. The van der Waals surface area contributed by atoms with E-state index >= 15 is 0 Å². The maximum absolute atomic E-state index is 12.1. The number of unbranched alkanes of at least 4 members (excludes halogenated alkanes) is 10. The fourth-order valence-electron chi connectivity index (χ4n) is 3.83. The van der Waals surface area contributed by atoms with Crippen molar-refractivity contribution < 1.29 is 23.9 Å². The zero-order chi connectivity index (χ0) is 23.5. The van der Waals surface area contributed by atoms with Crippen LogP contribution in [0.1, 0.15) is 110 Å². The molecule has 0 spiro atoms. The van der Waals surface area contributed by atoms with Gasteiger partial charge in [0.1, 0.15) is 6.54 Å². The molecule has 0 aromatic carbocycles. The van der Waals surface area contributed by atoms with Gasteiger partial charge in [-0.15, -0.1) is 0 Å². The SMILES string of the molecule is CCCCCCCCC(I)CCCCCCCCC(=O)OC(CC(=O)O)C[N+](C)(C)C. The Balaban J connectivity index is 3.67. The van der Waals surface area contributed by atoms with E-state index in [4.69, 9.17) is 9.84 Å². The van der Waals surface area contributed by atoms with Gasteiger partial charge in [0.25, 0.3) is 0 Å². The summed E-state index contributed by atoms with van der Waals surface area (Å²) in [6.45, 7) is 2.78. The van der Waals surface area contributed by atoms with Crippen LogP contribution in [-0.2, 0) is 14.3 Å². The van der Waals surface area contributed by atoms with Gasteiger partial charge in [-0.3, -0.25) is 9.59 Å². The summed E-state index contributed by atoms with van der Waals surface area (Å²) in [6, 6.07) is 0. The van der Waals surface area contributed by atoms with Gasteiger partial charge in [0.05, 0.1) is 27.6 Å². The Bertz CT molecular complexity index is 465. The van der Waals surface area contributed by atoms with Crippen LogP contribution in [0.3, 0.4) is 0 Å². The van der Waals surface area contributed by atoms with E-state index in [0.717, 1.165) is 23.2 Å². The molecule has 184 valence electrons. The maximum atomic E-state index is 12.1. The first-order valence-corrected chi connectivity index (χ1v) is 13.7. The van der Waals surface area contributed by atoms with E-state index in [9.17, 15) is 9.59 Å². The second kappa shape index (κ2) is 19.1. The molecule has 6 heteroatoms. The average molecular weight is 555 g/mol. The molecule has 0 saturated carbocycles. The Morgan fingerprint density at radius 3 is 1.81 bits per heavy atom. The number of aliphatic carboxylic acids is 1. The Labute approximate surface area is 205 Å². The maximum Gasteiger partial charge on any atom is 0.307 e. The topological polar surface area (TPSA) is 63.6 Å². The van der Waals surface area contributed by atoms with Crippen molar-refractivity contribution in [1.82, 2.24) is 0 Å². The number of ether oxygens (including phenoxy) is 1. The van der Waals surface area contributed by atoms with Crippen molar-refractivity contribution >= 4 is 34.5 Å². The van der Waals surface area contributed by atoms with E-state index in [2.05, 4.69) is 29.5 Å². The first-order valence-electron chi connectivity index (χ1n) is 12.5. The molecule has 0 rings (SSSR count). The molecule has 0 aliphatic rings. The van der Waals surface area contributed by atoms with Crippen molar-refractivity contribution in [1.29, 1.82) is 0 Å². The summed E-state index contributed by atoms with van der Waals surface area (Å²) in [5.74, 6) is -1.19. The monoisotopic (exact) mass is 554 g/mol. The lowest BCUT2D eigenvalue weighted by molar-refractivity contribution is -0.873. The van der Waals surface area contributed by atoms with Crippen LogP contribution in [0.4, 0.5) is 0 Å². The predicted octanol–water partition coefficient (Wildman–Crippen LogP) is 6.75. The summed E-state index contributed by atoms with van der Waals surface area (Å²) in [4.78, 5) is 23.1. The normalized spacial score (nSPS) is 13.7. The fourth-order valence-corrected chi connectivity index (χ4v) is 4.71. The van der Waals surface area contributed by atoms with Crippen LogP contribution in [0.5, 0.6) is 0 Å². The molecule has 2 atom stereocenters. The molecule has 2 unspecified atom stereocenters. The summed E-state index contributed by atoms with van der Waals surface area (Å²) in [7, 11) is 5.91. The molecule has 0 saturated heterocycles. The molecule has 0 aliphatic carbocycles. The summed E-state index contributed by atoms with van der Waals surface area (Å²) in [5, 5.41) is 9.03. The number of carboxylic acids is 1. The van der Waals surface area contributed by atoms with E-state index in [0.29, 0.717) is 17.4 Å². The van der Waals surface area contributed by atoms with Crippen molar-refractivity contribution in [3.05, 3.63) is 0 Å². The first kappa shape index (κ1) is 30.6. The summed E-state index contributed by atoms with van der Waals surface area (Å²) in [6.07, 6.45) is 17.6. The minimum atomic E-state index is -0.924. The number of rotatable bonds is 21. The van der Waals surface area contributed by atoms with Crippen molar-refractivity contribution in [2.75, 3.05) is 27.7 Å². The molecule has 31 heavy (non-hydrogen) atoms. The van der Waals surface area contributed by atoms with Gasteiger partial charge in [0.15, 0.2) is 6.10 Å². The van der Waals surface area contributed by atoms with Crippen LogP contribution >= 0.6 is 22.6 Å². The van der Waals surface area contributed by atoms with Gasteiger partial charge in [-0.25, -0.2) is 0 Å². The quantitative estimate of drug-likeness (QED) is 0.0560. The summed E-state index contributed by atoms with van der Waals surface area (Å²) >= 11 is 2.63. The van der Waals surface area contributed by atoms with Crippen LogP contribution in [0.25, 0.3) is 0 Å². The molecule has 0 aromatic rings. The molecule has 0 heterocycles. The summed E-state index contributed by atoms with van der Waals surface area (Å²) in [5.41, 5.74) is 0. The highest BCUT2D eigenvalue weighted by Gasteiger charge is 2.24. The molecular formula is C25H49INO4+. The zero-order valence-electron chi connectivity index (χ0n) is 20.7. The van der Waals surface area contributed by atoms with Crippen molar-refractivity contribution in [2.24, 2.45) is 0 Å². The highest BCUT2D eigenvalue weighted by molar-refractivity contribution is 14.1. The minimum absolute atomic E-state index is 0.127. The summed E-state index contributed by atoms with van der Waals surface area (Å²) < 4.78 is 6.83. The molecule has 0 amide bonds. The lowest BCUT2D eigenvalue weighted by Gasteiger charge is -2.28. The van der Waals surface area contributed by atoms with E-state index in [-0.39, 0.29) is 12.4 Å². The van der Waals surface area contributed by atoms with Gasteiger partial charge < -0.3 is 14.3 Å². The lowest BCUT2D eigenvalue weighted by atomic mass is 10.0. The molecule has 1 N–H and O–H groups in total. The first-order chi connectivity index (χ1) is 14.6. The van der Waals surface area contributed by atoms with Crippen LogP contribution in [0.15, 0.2) is 0 Å². The molecule has 0 aliphatic heterocycles. The lowest BCUT2D eigenvalue weighted by Crippen LogP contribution is -2.43. The number of carboxylic acid groups (broad SMARTS) is 1. The number of esters is 1. The smallest absolute Gasteiger partial charge is 0.307 e. The standard InChI is InChI=1S/C25H48INO4/c1-5-6-7-8-11-14-17-22(26)18-15-12-9-10-13-16-19-25(30)31-23(20-24(28)29)21-27(2,3)4/h22-23H,5-21H2,1-4H3/p+1. The molecular weight excluding hydrogens is 505 g/mol. The number of hydrogen-bond donors (Lipinski definition) is 1. The number of halogens is 1. The molecule has 0 fully saturated rings. The number of likely N-dealkylation sites (N-methyl/N-ethyl adjacent to an activating group) is 1. The molecule has 0 bridgehead atoms. The van der Waals surface area contributed by atoms with E-state index < -0.39 is 12.1 Å². The van der Waals surface area contributed by atoms with E-state index in [1.165, 1.54) is 70.6 Å². The third-order valence-electron chi connectivity index (χ3n) is 5.47. The Morgan fingerprint density at radius 1 is 0.839 bits per heavy atom. The predicted molar refractivity (Wildman–Crippen MR) is 138 cm³/mol. The Hall–Kier alpha value is -0.370. The Morgan fingerprint density at radius 2 is 1.32 bits per heavy atom. The van der Waals surface area contributed by atoms with Crippen LogP contribution < -0.4 is 0 Å². The van der Waals surface area contributed by atoms with E-state index in [1.54, 1.807) is 0 Å². The molecule has 0 radical (unpaired) electrons. The van der Waals surface area contributed by atoms with Gasteiger partial charge >= 0.3 is 11.9 Å². The number of hydrogen-bond acceptors (Lipinski definition) is 3. The fraction of sp³-hybridized carbons (Fsp3) is 0.920. The van der Waals surface area contributed by atoms with Crippen molar-refractivity contribution in [3.8, 4) is 0 Å². The number of alkyl halides is 1. The largest absolute Gasteiger partial charge is 0.481 e. The van der Waals surface area contributed by atoms with Crippen molar-refractivity contribution in [3.63, 3.8) is 0 Å². The van der Waals surface area contributed by atoms with Gasteiger partial charge in [-0.05, 0) is 19.3 Å². The second-order valence-electron chi connectivity index (χ2n) is 10.00. The van der Waals surface area contributed by atoms with Crippen LogP contribution in [0.2, 0.25) is 0 Å². The zero-order valence-corrected chi connectivity index (χ0v) is 22.8. The third-order valence-corrected chi connectivity index (χ3v) is 6.72. The molecule has 0 aromatic heterocycles. The van der Waals surface area contributed by atoms with Crippen LogP contribution in [-0.4, -0.2) is 59.2 Å². The number of carbonyl (C=O) groups excluding carboxylic acids is 1. The third kappa shape index (κ3) is 22.6. The van der Waals surface area contributed by atoms with Gasteiger partial charge in [0.2, 0.25) is 0 Å². The number of quaternary nitrogens is 1. The second-order valence-corrected chi connectivity index (χ2v) is 11.8. The minimum Gasteiger partial charge on any atom is -0.481 e. The number of carbonyl (C=O) groups is 2. The highest BCUT2D eigenvalue weighted by Crippen LogP contribution is 2.20. The number of nitrogens with zero attached hydrogens (tertiary/aromatic N) is 1.